The standard InChI is InChI=1S/C13H7BrCl2N4O/c14-7-1-2-10(18-5-7)12-19-13(21-20-12)6-3-8(15)11(17)9(16)4-6/h1-5H,17H2. The average Bonchev–Trinajstić information content (AvgIpc) is 2.95. The van der Waals surface area contributed by atoms with Crippen molar-refractivity contribution < 1.29 is 4.52 Å². The topological polar surface area (TPSA) is 77.8 Å². The van der Waals surface area contributed by atoms with Gasteiger partial charge in [-0.25, -0.2) is 0 Å². The Morgan fingerprint density at radius 3 is 2.48 bits per heavy atom. The smallest absolute Gasteiger partial charge is 0.258 e. The summed E-state index contributed by atoms with van der Waals surface area (Å²) in [5.41, 5.74) is 7.20. The van der Waals surface area contributed by atoms with Crippen LogP contribution in [0.3, 0.4) is 0 Å². The number of nitrogen functional groups attached to an aromatic ring is 1. The van der Waals surface area contributed by atoms with Gasteiger partial charge >= 0.3 is 0 Å². The summed E-state index contributed by atoms with van der Waals surface area (Å²) < 4.78 is 6.08. The number of anilines is 1. The zero-order valence-electron chi connectivity index (χ0n) is 10.3. The Kier molecular flexibility index (Phi) is 3.84. The van der Waals surface area contributed by atoms with Crippen molar-refractivity contribution in [1.29, 1.82) is 0 Å². The first-order valence-corrected chi connectivity index (χ1v) is 7.30. The second kappa shape index (κ2) is 5.63. The molecule has 0 radical (unpaired) electrons. The number of hydrogen-bond acceptors (Lipinski definition) is 5. The van der Waals surface area contributed by atoms with Crippen LogP contribution in [0.2, 0.25) is 10.0 Å². The maximum atomic E-state index is 5.99. The van der Waals surface area contributed by atoms with Crippen LogP contribution in [0.5, 0.6) is 0 Å². The number of hydrogen-bond donors (Lipinski definition) is 1. The van der Waals surface area contributed by atoms with E-state index in [4.69, 9.17) is 33.5 Å². The van der Waals surface area contributed by atoms with E-state index in [-0.39, 0.29) is 0 Å². The minimum Gasteiger partial charge on any atom is -0.396 e. The molecule has 0 aliphatic rings. The maximum Gasteiger partial charge on any atom is 0.258 e. The van der Waals surface area contributed by atoms with Crippen LogP contribution in [0.1, 0.15) is 0 Å². The summed E-state index contributed by atoms with van der Waals surface area (Å²) >= 11 is 15.3. The molecular weight excluding hydrogens is 379 g/mol. The van der Waals surface area contributed by atoms with Gasteiger partial charge in [0.15, 0.2) is 0 Å². The summed E-state index contributed by atoms with van der Waals surface area (Å²) in [6.45, 7) is 0. The monoisotopic (exact) mass is 384 g/mol. The Balaban J connectivity index is 2.00. The molecule has 5 nitrogen and oxygen atoms in total. The van der Waals surface area contributed by atoms with Gasteiger partial charge in [0, 0.05) is 16.2 Å². The highest BCUT2D eigenvalue weighted by Gasteiger charge is 2.14. The van der Waals surface area contributed by atoms with Gasteiger partial charge in [0.25, 0.3) is 5.89 Å². The minimum absolute atomic E-state index is 0.290. The van der Waals surface area contributed by atoms with E-state index >= 15 is 0 Å². The van der Waals surface area contributed by atoms with Crippen molar-refractivity contribution in [2.75, 3.05) is 5.73 Å². The Morgan fingerprint density at radius 2 is 1.86 bits per heavy atom. The largest absolute Gasteiger partial charge is 0.396 e. The summed E-state index contributed by atoms with van der Waals surface area (Å²) in [6, 6.07) is 6.86. The van der Waals surface area contributed by atoms with Gasteiger partial charge in [-0.15, -0.1) is 0 Å². The van der Waals surface area contributed by atoms with E-state index < -0.39 is 0 Å². The van der Waals surface area contributed by atoms with E-state index in [9.17, 15) is 0 Å². The molecule has 8 heteroatoms. The highest BCUT2D eigenvalue weighted by atomic mass is 79.9. The highest BCUT2D eigenvalue weighted by molar-refractivity contribution is 9.10. The van der Waals surface area contributed by atoms with Crippen molar-refractivity contribution in [2.24, 2.45) is 0 Å². The van der Waals surface area contributed by atoms with Crippen molar-refractivity contribution in [2.45, 2.75) is 0 Å². The molecule has 0 saturated heterocycles. The van der Waals surface area contributed by atoms with Crippen molar-refractivity contribution in [3.63, 3.8) is 0 Å². The number of rotatable bonds is 2. The molecular formula is C13H7BrCl2N4O. The minimum atomic E-state index is 0.290. The normalized spacial score (nSPS) is 10.8. The van der Waals surface area contributed by atoms with Gasteiger partial charge in [0.1, 0.15) is 5.69 Å². The maximum absolute atomic E-state index is 5.99. The SMILES string of the molecule is Nc1c(Cl)cc(-c2nc(-c3ccc(Br)cn3)no2)cc1Cl. The lowest BCUT2D eigenvalue weighted by atomic mass is 10.2. The molecule has 1 aromatic carbocycles. The Morgan fingerprint density at radius 1 is 1.14 bits per heavy atom. The van der Waals surface area contributed by atoms with Gasteiger partial charge in [-0.1, -0.05) is 28.4 Å². The summed E-state index contributed by atoms with van der Waals surface area (Å²) in [6.07, 6.45) is 1.66. The molecule has 21 heavy (non-hydrogen) atoms. The van der Waals surface area contributed by atoms with Crippen LogP contribution in [0.15, 0.2) is 39.5 Å². The van der Waals surface area contributed by atoms with E-state index in [1.807, 2.05) is 6.07 Å². The third-order valence-corrected chi connectivity index (χ3v) is 3.80. The average molecular weight is 386 g/mol. The molecule has 2 aromatic heterocycles. The molecule has 106 valence electrons. The van der Waals surface area contributed by atoms with Gasteiger partial charge in [-0.3, -0.25) is 4.98 Å². The van der Waals surface area contributed by atoms with Crippen LogP contribution in [0.25, 0.3) is 23.0 Å². The molecule has 0 amide bonds. The first kappa shape index (κ1) is 14.3. The summed E-state index contributed by atoms with van der Waals surface area (Å²) in [4.78, 5) is 8.48. The molecule has 3 aromatic rings. The van der Waals surface area contributed by atoms with E-state index in [1.54, 1.807) is 24.4 Å². The molecule has 0 bridgehead atoms. The van der Waals surface area contributed by atoms with Crippen LogP contribution in [0.4, 0.5) is 5.69 Å². The first-order valence-electron chi connectivity index (χ1n) is 5.75. The zero-order valence-corrected chi connectivity index (χ0v) is 13.4. The second-order valence-corrected chi connectivity index (χ2v) is 5.87. The molecule has 2 N–H and O–H groups in total. The van der Waals surface area contributed by atoms with Crippen LogP contribution < -0.4 is 5.73 Å². The van der Waals surface area contributed by atoms with Gasteiger partial charge in [-0.2, -0.15) is 4.98 Å². The van der Waals surface area contributed by atoms with E-state index in [0.29, 0.717) is 38.7 Å². The quantitative estimate of drug-likeness (QED) is 0.659. The number of nitrogens with two attached hydrogens (primary N) is 1. The third-order valence-electron chi connectivity index (χ3n) is 2.71. The zero-order chi connectivity index (χ0) is 15.0. The second-order valence-electron chi connectivity index (χ2n) is 4.14. The molecule has 0 fully saturated rings. The fraction of sp³-hybridized carbons (Fsp3) is 0. The predicted molar refractivity (Wildman–Crippen MR) is 85.1 cm³/mol. The Labute approximate surface area is 138 Å². The van der Waals surface area contributed by atoms with Crippen LogP contribution >= 0.6 is 39.1 Å². The third kappa shape index (κ3) is 2.88. The lowest BCUT2D eigenvalue weighted by molar-refractivity contribution is 0.432. The number of benzene rings is 1. The van der Waals surface area contributed by atoms with E-state index in [1.165, 1.54) is 0 Å². The first-order chi connectivity index (χ1) is 10.0. The van der Waals surface area contributed by atoms with E-state index in [2.05, 4.69) is 31.1 Å². The van der Waals surface area contributed by atoms with Crippen LogP contribution in [-0.2, 0) is 0 Å². The molecule has 0 aliphatic carbocycles. The number of aromatic nitrogens is 3. The lowest BCUT2D eigenvalue weighted by Gasteiger charge is -2.02. The number of halogens is 3. The fourth-order valence-electron chi connectivity index (χ4n) is 1.66. The van der Waals surface area contributed by atoms with Gasteiger partial charge in [-0.05, 0) is 40.2 Å². The van der Waals surface area contributed by atoms with Crippen LogP contribution in [-0.4, -0.2) is 15.1 Å². The molecule has 0 spiro atoms. The van der Waals surface area contributed by atoms with Crippen molar-refractivity contribution in [3.8, 4) is 23.0 Å². The summed E-state index contributed by atoms with van der Waals surface area (Å²) in [7, 11) is 0. The van der Waals surface area contributed by atoms with E-state index in [0.717, 1.165) is 4.47 Å². The van der Waals surface area contributed by atoms with Crippen molar-refractivity contribution >= 4 is 44.8 Å². The molecule has 3 rings (SSSR count). The number of nitrogens with zero attached hydrogens (tertiary/aromatic N) is 3. The van der Waals surface area contributed by atoms with Crippen molar-refractivity contribution in [3.05, 3.63) is 45.0 Å². The molecule has 0 atom stereocenters. The van der Waals surface area contributed by atoms with Gasteiger partial charge in [0.05, 0.1) is 15.7 Å². The van der Waals surface area contributed by atoms with Crippen molar-refractivity contribution in [1.82, 2.24) is 15.1 Å². The Hall–Kier alpha value is -1.63. The fourth-order valence-corrected chi connectivity index (χ4v) is 2.38. The summed E-state index contributed by atoms with van der Waals surface area (Å²) in [5.74, 6) is 0.667. The van der Waals surface area contributed by atoms with Gasteiger partial charge in [0.2, 0.25) is 5.82 Å². The molecule has 2 heterocycles. The number of pyridine rings is 1. The Bertz CT molecular complexity index is 781. The van der Waals surface area contributed by atoms with Gasteiger partial charge < -0.3 is 10.3 Å². The van der Waals surface area contributed by atoms with Crippen LogP contribution in [0, 0.1) is 0 Å². The predicted octanol–water partition coefficient (Wildman–Crippen LogP) is 4.45. The highest BCUT2D eigenvalue weighted by Crippen LogP contribution is 2.33. The molecule has 0 unspecified atom stereocenters. The molecule has 0 saturated carbocycles. The molecule has 0 aliphatic heterocycles. The lowest BCUT2D eigenvalue weighted by Crippen LogP contribution is -1.89. The summed E-state index contributed by atoms with van der Waals surface area (Å²) in [5, 5.41) is 4.56.